The fraction of sp³-hybridized carbons (Fsp3) is 0.688. The Bertz CT molecular complexity index is 692. The zero-order valence-corrected chi connectivity index (χ0v) is 15.1. The van der Waals surface area contributed by atoms with Gasteiger partial charge in [-0.2, -0.15) is 4.31 Å². The maximum atomic E-state index is 12.8. The van der Waals surface area contributed by atoms with Gasteiger partial charge in [0.15, 0.2) is 0 Å². The molecule has 1 amide bonds. The quantitative estimate of drug-likeness (QED) is 0.839. The summed E-state index contributed by atoms with van der Waals surface area (Å²) in [7, 11) is -3.56. The Morgan fingerprint density at radius 1 is 1.25 bits per heavy atom. The number of nitrogens with zero attached hydrogens (tertiary/aromatic N) is 1. The van der Waals surface area contributed by atoms with E-state index < -0.39 is 16.1 Å². The average Bonchev–Trinajstić information content (AvgIpc) is 3.27. The minimum atomic E-state index is -3.56. The van der Waals surface area contributed by atoms with Gasteiger partial charge in [-0.25, -0.2) is 8.42 Å². The molecule has 3 aliphatic rings. The highest BCUT2D eigenvalue weighted by atomic mass is 32.2. The largest absolute Gasteiger partial charge is 0.352 e. The van der Waals surface area contributed by atoms with Crippen molar-refractivity contribution in [1.82, 2.24) is 14.9 Å². The Kier molecular flexibility index (Phi) is 4.40. The van der Waals surface area contributed by atoms with E-state index in [0.29, 0.717) is 29.3 Å². The molecule has 0 saturated carbocycles. The summed E-state index contributed by atoms with van der Waals surface area (Å²) < 4.78 is 27.2. The molecule has 3 unspecified atom stereocenters. The van der Waals surface area contributed by atoms with Crippen molar-refractivity contribution in [3.05, 3.63) is 17.5 Å². The lowest BCUT2D eigenvalue weighted by Gasteiger charge is -2.31. The van der Waals surface area contributed by atoms with Crippen LogP contribution in [0.2, 0.25) is 0 Å². The van der Waals surface area contributed by atoms with Gasteiger partial charge in [-0.3, -0.25) is 4.79 Å². The third-order valence-corrected chi connectivity index (χ3v) is 8.67. The molecule has 24 heavy (non-hydrogen) atoms. The maximum Gasteiger partial charge on any atom is 0.253 e. The number of rotatable bonds is 4. The Balaban J connectivity index is 1.45. The number of thiophene rings is 1. The second-order valence-corrected chi connectivity index (χ2v) is 10.1. The topological polar surface area (TPSA) is 78.5 Å². The van der Waals surface area contributed by atoms with Gasteiger partial charge in [0, 0.05) is 24.7 Å². The maximum absolute atomic E-state index is 12.8. The number of carbonyl (C=O) groups is 1. The van der Waals surface area contributed by atoms with Crippen molar-refractivity contribution >= 4 is 27.3 Å². The lowest BCUT2D eigenvalue weighted by atomic mass is 9.99. The van der Waals surface area contributed by atoms with Crippen LogP contribution in [0.4, 0.5) is 0 Å². The Labute approximate surface area is 146 Å². The first-order valence-corrected chi connectivity index (χ1v) is 11.0. The molecule has 4 rings (SSSR count). The molecule has 3 atom stereocenters. The summed E-state index contributed by atoms with van der Waals surface area (Å²) >= 11 is 1.21. The summed E-state index contributed by atoms with van der Waals surface area (Å²) in [6.45, 7) is 0.426. The van der Waals surface area contributed by atoms with E-state index in [1.807, 2.05) is 0 Å². The SMILES string of the molecule is O=C(NC1CC2CCC(C1)N2)C1CCCN1S(=O)(=O)c1cccs1. The molecule has 3 fully saturated rings. The first-order valence-electron chi connectivity index (χ1n) is 8.66. The zero-order chi connectivity index (χ0) is 16.7. The molecule has 6 nitrogen and oxygen atoms in total. The van der Waals surface area contributed by atoms with Crippen LogP contribution in [0.3, 0.4) is 0 Å². The predicted octanol–water partition coefficient (Wildman–Crippen LogP) is 1.30. The number of nitrogens with one attached hydrogen (secondary N) is 2. The Hall–Kier alpha value is -0.960. The molecule has 0 aromatic carbocycles. The fourth-order valence-corrected chi connectivity index (χ4v) is 7.06. The number of hydrogen-bond donors (Lipinski definition) is 2. The van der Waals surface area contributed by atoms with Gasteiger partial charge in [-0.1, -0.05) is 6.07 Å². The minimum absolute atomic E-state index is 0.126. The average molecular weight is 370 g/mol. The summed E-state index contributed by atoms with van der Waals surface area (Å²) in [6, 6.07) is 3.95. The van der Waals surface area contributed by atoms with Gasteiger partial charge in [0.2, 0.25) is 5.91 Å². The van der Waals surface area contributed by atoms with Gasteiger partial charge in [-0.15, -0.1) is 11.3 Å². The van der Waals surface area contributed by atoms with Crippen molar-refractivity contribution in [1.29, 1.82) is 0 Å². The van der Waals surface area contributed by atoms with Gasteiger partial charge in [0.25, 0.3) is 10.0 Å². The number of amides is 1. The van der Waals surface area contributed by atoms with E-state index in [1.54, 1.807) is 17.5 Å². The van der Waals surface area contributed by atoms with Crippen LogP contribution < -0.4 is 10.6 Å². The predicted molar refractivity (Wildman–Crippen MR) is 92.3 cm³/mol. The molecular weight excluding hydrogens is 346 g/mol. The van der Waals surface area contributed by atoms with Crippen LogP contribution in [0.1, 0.15) is 38.5 Å². The molecule has 8 heteroatoms. The van der Waals surface area contributed by atoms with E-state index in [4.69, 9.17) is 0 Å². The second-order valence-electron chi connectivity index (χ2n) is 7.02. The van der Waals surface area contributed by atoms with Crippen LogP contribution in [0, 0.1) is 0 Å². The summed E-state index contributed by atoms with van der Waals surface area (Å²) in [5.74, 6) is -0.126. The van der Waals surface area contributed by atoms with Crippen LogP contribution in [0.15, 0.2) is 21.7 Å². The highest BCUT2D eigenvalue weighted by Gasteiger charge is 2.41. The van der Waals surface area contributed by atoms with Gasteiger partial charge in [0.1, 0.15) is 10.3 Å². The number of carbonyl (C=O) groups excluding carboxylic acids is 1. The fourth-order valence-electron chi connectivity index (χ4n) is 4.29. The number of sulfonamides is 1. The van der Waals surface area contributed by atoms with E-state index in [2.05, 4.69) is 10.6 Å². The van der Waals surface area contributed by atoms with Crippen LogP contribution in [-0.2, 0) is 14.8 Å². The van der Waals surface area contributed by atoms with Crippen LogP contribution >= 0.6 is 11.3 Å². The van der Waals surface area contributed by atoms with Crippen LogP contribution in [0.25, 0.3) is 0 Å². The van der Waals surface area contributed by atoms with Crippen molar-refractivity contribution in [3.8, 4) is 0 Å². The molecule has 0 spiro atoms. The molecular formula is C16H23N3O3S2. The summed E-state index contributed by atoms with van der Waals surface area (Å²) in [4.78, 5) is 12.7. The Morgan fingerprint density at radius 3 is 2.67 bits per heavy atom. The number of piperidine rings is 1. The first kappa shape index (κ1) is 16.5. The van der Waals surface area contributed by atoms with Crippen molar-refractivity contribution < 1.29 is 13.2 Å². The zero-order valence-electron chi connectivity index (χ0n) is 13.5. The molecule has 132 valence electrons. The molecule has 1 aromatic rings. The number of hydrogen-bond acceptors (Lipinski definition) is 5. The molecule has 1 aromatic heterocycles. The van der Waals surface area contributed by atoms with E-state index in [0.717, 1.165) is 19.3 Å². The Morgan fingerprint density at radius 2 is 2.00 bits per heavy atom. The molecule has 2 N–H and O–H groups in total. The van der Waals surface area contributed by atoms with Crippen LogP contribution in [0.5, 0.6) is 0 Å². The van der Waals surface area contributed by atoms with Gasteiger partial charge in [0.05, 0.1) is 0 Å². The van der Waals surface area contributed by atoms with E-state index in [1.165, 1.54) is 28.5 Å². The first-order chi connectivity index (χ1) is 11.5. The molecule has 3 aliphatic heterocycles. The van der Waals surface area contributed by atoms with E-state index in [-0.39, 0.29) is 11.9 Å². The monoisotopic (exact) mass is 369 g/mol. The van der Waals surface area contributed by atoms with Crippen LogP contribution in [-0.4, -0.2) is 49.3 Å². The lowest BCUT2D eigenvalue weighted by Crippen LogP contribution is -2.53. The van der Waals surface area contributed by atoms with E-state index in [9.17, 15) is 13.2 Å². The highest BCUT2D eigenvalue weighted by molar-refractivity contribution is 7.91. The molecule has 0 radical (unpaired) electrons. The van der Waals surface area contributed by atoms with Gasteiger partial charge < -0.3 is 10.6 Å². The lowest BCUT2D eigenvalue weighted by molar-refractivity contribution is -0.125. The van der Waals surface area contributed by atoms with Crippen molar-refractivity contribution in [3.63, 3.8) is 0 Å². The van der Waals surface area contributed by atoms with Gasteiger partial charge >= 0.3 is 0 Å². The van der Waals surface area contributed by atoms with Gasteiger partial charge in [-0.05, 0) is 50.0 Å². The van der Waals surface area contributed by atoms with Crippen molar-refractivity contribution in [2.24, 2.45) is 0 Å². The summed E-state index contributed by atoms with van der Waals surface area (Å²) in [5.41, 5.74) is 0. The smallest absolute Gasteiger partial charge is 0.253 e. The third-order valence-electron chi connectivity index (χ3n) is 5.38. The molecule has 4 heterocycles. The van der Waals surface area contributed by atoms with Crippen molar-refractivity contribution in [2.75, 3.05) is 6.54 Å². The third kappa shape index (κ3) is 3.00. The summed E-state index contributed by atoms with van der Waals surface area (Å²) in [5, 5.41) is 8.44. The molecule has 2 bridgehead atoms. The normalized spacial score (nSPS) is 33.7. The number of fused-ring (bicyclic) bond motifs is 2. The molecule has 3 saturated heterocycles. The highest BCUT2D eigenvalue weighted by Crippen LogP contribution is 2.30. The summed E-state index contributed by atoms with van der Waals surface area (Å²) in [6.07, 6.45) is 5.60. The molecule has 0 aliphatic carbocycles. The standard InChI is InChI=1S/C16H23N3O3S2/c20-16(18-13-9-11-5-6-12(10-13)17-11)14-3-1-7-19(14)24(21,22)15-4-2-8-23-15/h2,4,8,11-14,17H,1,3,5-7,9-10H2,(H,18,20). The minimum Gasteiger partial charge on any atom is -0.352 e. The van der Waals surface area contributed by atoms with E-state index >= 15 is 0 Å². The van der Waals surface area contributed by atoms with Crippen molar-refractivity contribution in [2.45, 2.75) is 66.9 Å². The second kappa shape index (κ2) is 6.40.